The van der Waals surface area contributed by atoms with Gasteiger partial charge in [0.15, 0.2) is 18.1 Å². The fourth-order valence-corrected chi connectivity index (χ4v) is 13.8. The normalized spacial score (nSPS) is 11.5. The van der Waals surface area contributed by atoms with Crippen molar-refractivity contribution in [1.82, 2.24) is 5.32 Å². The molecule has 0 aliphatic carbocycles. The molecule has 19 nitrogen and oxygen atoms in total. The third-order valence-electron chi connectivity index (χ3n) is 20.9. The quantitative estimate of drug-likeness (QED) is 0.0124. The Bertz CT molecular complexity index is 4330. The first-order valence-electron chi connectivity index (χ1n) is 44.7. The summed E-state index contributed by atoms with van der Waals surface area (Å²) in [4.78, 5) is 63.3. The highest BCUT2D eigenvalue weighted by Gasteiger charge is 2.35. The topological polar surface area (TPSA) is 190 Å². The third kappa shape index (κ3) is 49.9. The van der Waals surface area contributed by atoms with E-state index < -0.39 is 11.9 Å². The van der Waals surface area contributed by atoms with Crippen LogP contribution in [-0.2, 0) is 49.7 Å². The molecule has 0 saturated carbocycles. The van der Waals surface area contributed by atoms with Crippen molar-refractivity contribution in [3.8, 4) is 46.0 Å². The summed E-state index contributed by atoms with van der Waals surface area (Å²) >= 11 is 6.18. The number of unbranched alkanes of at least 4 members (excludes halogenated alkanes) is 15. The molecule has 9 aromatic rings. The van der Waals surface area contributed by atoms with E-state index in [1.54, 1.807) is 72.8 Å². The van der Waals surface area contributed by atoms with Crippen molar-refractivity contribution in [3.63, 3.8) is 0 Å². The molecule has 131 heavy (non-hydrogen) atoms. The second-order valence-corrected chi connectivity index (χ2v) is 35.4. The van der Waals surface area contributed by atoms with E-state index in [1.807, 2.05) is 197 Å². The SMILES string of the molecule is C.C.C.CC(C)Oc1ccc(C(=O)Oc2ccc(OCCCCCCCCNC(=O)C(Cc3ccccc3)[N+](C)(C)C)cc2)cc1.CC(C)Oc1ccc(C(=O)Oc2ccc(OCCCCCCCCOC(=O)C(Cc3ccccc3)[N+](C)(C)C)cc2)cc1.C[N+](C)(C)C(Cc1ccccc1)C(=O)OCCCCCCCCOc1ccc(OCc2ccccc2Cl)cc1.[HH].[I-].[I-].[I-]. The molecule has 0 aromatic heterocycles. The highest BCUT2D eigenvalue weighted by atomic mass is 127. The summed E-state index contributed by atoms with van der Waals surface area (Å²) in [6, 6.07) is 73.4. The molecule has 1 N–H and O–H groups in total. The van der Waals surface area contributed by atoms with Crippen LogP contribution in [0.15, 0.2) is 237 Å². The Morgan fingerprint density at radius 1 is 0.313 bits per heavy atom. The molecule has 3 atom stereocenters. The largest absolute Gasteiger partial charge is 1.00 e. The van der Waals surface area contributed by atoms with E-state index in [0.717, 1.165) is 180 Å². The molecule has 3 unspecified atom stereocenters. The predicted molar refractivity (Wildman–Crippen MR) is 522 cm³/mol. The van der Waals surface area contributed by atoms with E-state index in [0.29, 0.717) is 93.6 Å². The number of carbonyl (C=O) groups excluding carboxylic acids is 5. The second kappa shape index (κ2) is 66.8. The number of esters is 4. The van der Waals surface area contributed by atoms with Crippen molar-refractivity contribution in [1.29, 1.82) is 0 Å². The van der Waals surface area contributed by atoms with Crippen LogP contribution in [0.25, 0.3) is 0 Å². The lowest BCUT2D eigenvalue weighted by Crippen LogP contribution is -3.00. The van der Waals surface area contributed by atoms with Gasteiger partial charge in [-0.3, -0.25) is 4.79 Å². The lowest BCUT2D eigenvalue weighted by molar-refractivity contribution is -0.887. The number of nitrogens with one attached hydrogen (secondary N) is 1. The Morgan fingerprint density at radius 3 is 0.893 bits per heavy atom. The fraction of sp³-hybridized carbons (Fsp3) is 0.454. The summed E-state index contributed by atoms with van der Waals surface area (Å²) < 4.78 is 58.6. The standard InChI is InChI=1S/C36H48N2O5.C36H48NO6.C33H43ClNO4.3CH4.3HI.H2/c1-28(2)42-32-19-17-30(18-20-32)36(40)43-33-23-21-31(22-24-33)41-26-14-9-7-6-8-13-25-37-35(39)34(38(3,4)5)27-29-15-11-10-12-16-29;1-28(2)42-32-19-17-30(18-20-32)35(38)43-33-23-21-31(22-24-33)40-25-13-8-6-7-9-14-26-41-36(39)34(37(3,4)5)27-29-15-11-10-12-16-29;1-35(2,3)32(25-27-15-9-8-10-16-27)33(36)38-24-14-7-5-4-6-13-23-37-29-19-21-30(22-20-29)39-26-28-17-11-12-18-31(28)34;;;;;;;/h2*10-12,15-24,28,34H,6-9,13-14,25-27H2,1-5H3;8-12,15-22,32H,4-7,13-14,23-26H2,1-3H3;3*1H4;4*1H/q;2*+1;;;;;;;/p-2. The Labute approximate surface area is 843 Å². The molecular weight excluding hydrogens is 2010 g/mol. The van der Waals surface area contributed by atoms with Gasteiger partial charge in [-0.25, -0.2) is 19.2 Å². The molecule has 23 heteroatoms. The summed E-state index contributed by atoms with van der Waals surface area (Å²) in [5.41, 5.74) is 5.39. The number of benzene rings is 9. The van der Waals surface area contributed by atoms with Crippen molar-refractivity contribution < 1.29 is 158 Å². The summed E-state index contributed by atoms with van der Waals surface area (Å²) in [7, 11) is 18.5. The fourth-order valence-electron chi connectivity index (χ4n) is 13.6. The molecule has 0 radical (unpaired) electrons. The molecule has 0 spiro atoms. The van der Waals surface area contributed by atoms with Gasteiger partial charge < -0.3 is 138 Å². The van der Waals surface area contributed by atoms with Gasteiger partial charge in [0.1, 0.15) is 52.6 Å². The summed E-state index contributed by atoms with van der Waals surface area (Å²) in [6.07, 6.45) is 21.3. The zero-order chi connectivity index (χ0) is 90.1. The van der Waals surface area contributed by atoms with Gasteiger partial charge in [0.25, 0.3) is 5.91 Å². The van der Waals surface area contributed by atoms with E-state index in [4.69, 9.17) is 59.0 Å². The lowest BCUT2D eigenvalue weighted by atomic mass is 10.0. The Kier molecular flexibility index (Phi) is 61.4. The van der Waals surface area contributed by atoms with E-state index >= 15 is 0 Å². The minimum atomic E-state index is -0.417. The Morgan fingerprint density at radius 2 is 0.580 bits per heavy atom. The molecule has 1 amide bonds. The molecule has 9 aromatic carbocycles. The first kappa shape index (κ1) is 120. The first-order chi connectivity index (χ1) is 60.1. The molecule has 0 heterocycles. The number of halogens is 4. The van der Waals surface area contributed by atoms with Crippen molar-refractivity contribution >= 4 is 41.4 Å². The molecule has 724 valence electrons. The number of likely N-dealkylation sites (N-methyl/N-ethyl adjacent to an activating group) is 3. The van der Waals surface area contributed by atoms with E-state index in [-0.39, 0.29) is 144 Å². The van der Waals surface area contributed by atoms with Gasteiger partial charge in [-0.05, 0) is 210 Å². The van der Waals surface area contributed by atoms with Gasteiger partial charge in [0.2, 0.25) is 0 Å². The molecule has 0 saturated heterocycles. The number of rotatable bonds is 53. The summed E-state index contributed by atoms with van der Waals surface area (Å²) in [5, 5.41) is 3.87. The van der Waals surface area contributed by atoms with Gasteiger partial charge >= 0.3 is 23.9 Å². The van der Waals surface area contributed by atoms with Gasteiger partial charge in [0.05, 0.1) is 120 Å². The van der Waals surface area contributed by atoms with Crippen LogP contribution in [-0.4, -0.2) is 177 Å². The summed E-state index contributed by atoms with van der Waals surface area (Å²) in [6.45, 7) is 11.9. The molecule has 0 fully saturated rings. The van der Waals surface area contributed by atoms with Crippen LogP contribution in [0.2, 0.25) is 5.02 Å². The molecule has 9 rings (SSSR count). The van der Waals surface area contributed by atoms with Crippen molar-refractivity contribution in [3.05, 3.63) is 275 Å². The Balaban J connectivity index is 0.00000190. The van der Waals surface area contributed by atoms with E-state index in [2.05, 4.69) is 62.9 Å². The van der Waals surface area contributed by atoms with Crippen LogP contribution in [0, 0.1) is 0 Å². The van der Waals surface area contributed by atoms with Gasteiger partial charge in [-0.1, -0.05) is 220 Å². The average molecular weight is 2160 g/mol. The predicted octanol–water partition coefficient (Wildman–Crippen LogP) is 14.8. The minimum Gasteiger partial charge on any atom is -1.00 e. The highest BCUT2D eigenvalue weighted by Crippen LogP contribution is 2.27. The number of ether oxygens (including phenoxy) is 10. The lowest BCUT2D eigenvalue weighted by Gasteiger charge is -2.33. The molecule has 0 bridgehead atoms. The van der Waals surface area contributed by atoms with Crippen molar-refractivity contribution in [2.75, 3.05) is 103 Å². The maximum absolute atomic E-state index is 12.9. The third-order valence-corrected chi connectivity index (χ3v) is 21.2. The molecular formula is C108H154ClI3N4O15. The smallest absolute Gasteiger partial charge is 0.365 e. The number of hydrogen-bond donors (Lipinski definition) is 1. The zero-order valence-corrected chi connectivity index (χ0v) is 84.9. The Hall–Kier alpha value is -8.51. The first-order valence-corrected chi connectivity index (χ1v) is 45.1. The van der Waals surface area contributed by atoms with Crippen LogP contribution >= 0.6 is 11.6 Å². The number of nitrogens with zero attached hydrogens (tertiary/aromatic N) is 3. The van der Waals surface area contributed by atoms with Crippen molar-refractivity contribution in [2.24, 2.45) is 0 Å². The molecule has 0 aliphatic rings. The monoisotopic (exact) mass is 2160 g/mol. The van der Waals surface area contributed by atoms with Crippen LogP contribution in [0.5, 0.6) is 46.0 Å². The van der Waals surface area contributed by atoms with Crippen LogP contribution in [0.1, 0.15) is 210 Å². The maximum Gasteiger partial charge on any atom is 0.365 e. The van der Waals surface area contributed by atoms with E-state index in [9.17, 15) is 24.0 Å². The van der Waals surface area contributed by atoms with Gasteiger partial charge in [0, 0.05) is 37.8 Å². The minimum absolute atomic E-state index is 0. The zero-order valence-electron chi connectivity index (χ0n) is 77.7. The number of hydrogen-bond acceptors (Lipinski definition) is 15. The summed E-state index contributed by atoms with van der Waals surface area (Å²) in [5.74, 6) is 4.58. The molecule has 0 aliphatic heterocycles. The second-order valence-electron chi connectivity index (χ2n) is 35.0. The number of quaternary nitrogens is 3. The maximum atomic E-state index is 12.9. The van der Waals surface area contributed by atoms with Crippen LogP contribution < -0.4 is 115 Å². The number of carbonyl (C=O) groups is 5. The van der Waals surface area contributed by atoms with Crippen LogP contribution in [0.4, 0.5) is 0 Å². The van der Waals surface area contributed by atoms with Crippen LogP contribution in [0.3, 0.4) is 0 Å². The van der Waals surface area contributed by atoms with Gasteiger partial charge in [-0.15, -0.1) is 0 Å². The van der Waals surface area contributed by atoms with E-state index in [1.165, 1.54) is 5.56 Å². The van der Waals surface area contributed by atoms with Crippen molar-refractivity contribution in [2.45, 2.75) is 222 Å². The average Bonchev–Trinajstić information content (AvgIpc) is 0.854. The van der Waals surface area contributed by atoms with Gasteiger partial charge in [-0.2, -0.15) is 0 Å². The number of amides is 1. The highest BCUT2D eigenvalue weighted by molar-refractivity contribution is 6.31.